The lowest BCUT2D eigenvalue weighted by molar-refractivity contribution is 0.0840. The number of carbonyl (C=O) groups is 1. The molecule has 1 aromatic heterocycles. The number of rotatable bonds is 7. The van der Waals surface area contributed by atoms with Gasteiger partial charge >= 0.3 is 0 Å². The molecule has 1 amide bonds. The zero-order valence-corrected chi connectivity index (χ0v) is 17.1. The van der Waals surface area contributed by atoms with Crippen molar-refractivity contribution < 1.29 is 14.6 Å². The molecule has 0 radical (unpaired) electrons. The van der Waals surface area contributed by atoms with E-state index in [-0.39, 0.29) is 18.6 Å². The lowest BCUT2D eigenvalue weighted by Crippen LogP contribution is -2.42. The van der Waals surface area contributed by atoms with E-state index in [1.165, 1.54) is 17.3 Å². The summed E-state index contributed by atoms with van der Waals surface area (Å²) in [5.41, 5.74) is 3.07. The molecule has 0 saturated carbocycles. The molecular weight excluding hydrogens is 382 g/mol. The van der Waals surface area contributed by atoms with Gasteiger partial charge in [-0.15, -0.1) is 5.10 Å². The Hall–Kier alpha value is -2.55. The molecule has 0 spiro atoms. The van der Waals surface area contributed by atoms with Crippen LogP contribution < -0.4 is 15.4 Å². The van der Waals surface area contributed by atoms with E-state index in [4.69, 9.17) is 4.74 Å². The first-order chi connectivity index (χ1) is 14.7. The van der Waals surface area contributed by atoms with Gasteiger partial charge in [-0.3, -0.25) is 9.69 Å². The van der Waals surface area contributed by atoms with Crippen molar-refractivity contribution in [3.63, 3.8) is 0 Å². The SMILES string of the molecule is O=C(NCC(O)CN1CCc2ccccc2C1)c1cnnc(OC2CCNCC2)c1. The summed E-state index contributed by atoms with van der Waals surface area (Å²) in [6.07, 6.45) is 3.67. The smallest absolute Gasteiger partial charge is 0.253 e. The van der Waals surface area contributed by atoms with Crippen LogP contribution in [0.15, 0.2) is 36.5 Å². The Morgan fingerprint density at radius 2 is 2.10 bits per heavy atom. The average molecular weight is 412 g/mol. The van der Waals surface area contributed by atoms with Crippen LogP contribution in [0.3, 0.4) is 0 Å². The number of aliphatic hydroxyl groups excluding tert-OH is 1. The summed E-state index contributed by atoms with van der Waals surface area (Å²) in [5.74, 6) is 0.0742. The first-order valence-corrected chi connectivity index (χ1v) is 10.6. The van der Waals surface area contributed by atoms with Crippen LogP contribution in [0.5, 0.6) is 5.88 Å². The highest BCUT2D eigenvalue weighted by molar-refractivity contribution is 5.94. The highest BCUT2D eigenvalue weighted by atomic mass is 16.5. The lowest BCUT2D eigenvalue weighted by atomic mass is 10.00. The van der Waals surface area contributed by atoms with E-state index in [1.807, 2.05) is 6.07 Å². The Kier molecular flexibility index (Phi) is 6.88. The highest BCUT2D eigenvalue weighted by Crippen LogP contribution is 2.18. The van der Waals surface area contributed by atoms with Gasteiger partial charge < -0.3 is 20.5 Å². The largest absolute Gasteiger partial charge is 0.473 e. The fourth-order valence-electron chi connectivity index (χ4n) is 4.00. The van der Waals surface area contributed by atoms with Crippen molar-refractivity contribution in [2.75, 3.05) is 32.7 Å². The van der Waals surface area contributed by atoms with E-state index in [0.717, 1.165) is 45.4 Å². The van der Waals surface area contributed by atoms with Crippen LogP contribution in [-0.2, 0) is 13.0 Å². The van der Waals surface area contributed by atoms with E-state index < -0.39 is 6.10 Å². The van der Waals surface area contributed by atoms with Crippen LogP contribution in [0.25, 0.3) is 0 Å². The van der Waals surface area contributed by atoms with Gasteiger partial charge in [-0.25, -0.2) is 0 Å². The number of benzene rings is 1. The minimum absolute atomic E-state index is 0.0929. The van der Waals surface area contributed by atoms with Crippen LogP contribution in [0.1, 0.15) is 34.3 Å². The van der Waals surface area contributed by atoms with Gasteiger partial charge in [-0.2, -0.15) is 5.10 Å². The Balaban J connectivity index is 1.24. The van der Waals surface area contributed by atoms with Gasteiger partial charge in [0.1, 0.15) is 6.10 Å². The number of nitrogens with zero attached hydrogens (tertiary/aromatic N) is 3. The van der Waals surface area contributed by atoms with Crippen molar-refractivity contribution in [3.05, 3.63) is 53.2 Å². The van der Waals surface area contributed by atoms with Gasteiger partial charge in [0, 0.05) is 32.2 Å². The fraction of sp³-hybridized carbons (Fsp3) is 0.500. The molecule has 160 valence electrons. The summed E-state index contributed by atoms with van der Waals surface area (Å²) in [4.78, 5) is 14.7. The molecule has 3 heterocycles. The standard InChI is InChI=1S/C22H29N5O3/c28-19(15-27-10-7-16-3-1-2-4-17(16)14-27)13-24-22(29)18-11-21(26-25-12-18)30-20-5-8-23-9-6-20/h1-4,11-12,19-20,23,28H,5-10,13-15H2,(H,24,29). The Morgan fingerprint density at radius 3 is 2.93 bits per heavy atom. The topological polar surface area (TPSA) is 99.6 Å². The van der Waals surface area contributed by atoms with Crippen molar-refractivity contribution in [2.45, 2.75) is 38.0 Å². The zero-order chi connectivity index (χ0) is 20.8. The molecule has 2 aliphatic rings. The van der Waals surface area contributed by atoms with Gasteiger partial charge in [0.2, 0.25) is 5.88 Å². The number of carbonyl (C=O) groups excluding carboxylic acids is 1. The summed E-state index contributed by atoms with van der Waals surface area (Å²) in [6, 6.07) is 10.0. The first kappa shape index (κ1) is 20.7. The van der Waals surface area contributed by atoms with Crippen LogP contribution in [0, 0.1) is 0 Å². The molecule has 30 heavy (non-hydrogen) atoms. The monoisotopic (exact) mass is 411 g/mol. The van der Waals surface area contributed by atoms with E-state index in [0.29, 0.717) is 18.0 Å². The molecular formula is C22H29N5O3. The molecule has 0 aliphatic carbocycles. The molecule has 4 rings (SSSR count). The van der Waals surface area contributed by atoms with Crippen LogP contribution in [0.2, 0.25) is 0 Å². The van der Waals surface area contributed by atoms with Crippen molar-refractivity contribution in [3.8, 4) is 5.88 Å². The number of piperidine rings is 1. The van der Waals surface area contributed by atoms with Gasteiger partial charge in [0.05, 0.1) is 17.9 Å². The maximum Gasteiger partial charge on any atom is 0.253 e. The molecule has 8 heteroatoms. The number of aliphatic hydroxyl groups is 1. The summed E-state index contributed by atoms with van der Waals surface area (Å²) >= 11 is 0. The molecule has 1 saturated heterocycles. The van der Waals surface area contributed by atoms with Crippen LogP contribution in [-0.4, -0.2) is 71.0 Å². The molecule has 2 aromatic rings. The number of amides is 1. The van der Waals surface area contributed by atoms with E-state index in [1.54, 1.807) is 6.07 Å². The fourth-order valence-corrected chi connectivity index (χ4v) is 4.00. The second kappa shape index (κ2) is 9.97. The summed E-state index contributed by atoms with van der Waals surface area (Å²) < 4.78 is 5.85. The third-order valence-electron chi connectivity index (χ3n) is 5.64. The van der Waals surface area contributed by atoms with Crippen molar-refractivity contribution in [1.29, 1.82) is 0 Å². The normalized spacial score (nSPS) is 18.4. The number of β-amino-alcohol motifs (C(OH)–C–C–N with tert-alkyl or cyclic N) is 1. The summed E-state index contributed by atoms with van der Waals surface area (Å²) in [6.45, 7) is 4.27. The molecule has 0 bridgehead atoms. The maximum absolute atomic E-state index is 12.5. The van der Waals surface area contributed by atoms with Gasteiger partial charge in [0.15, 0.2) is 0 Å². The van der Waals surface area contributed by atoms with Crippen molar-refractivity contribution in [1.82, 2.24) is 25.7 Å². The maximum atomic E-state index is 12.5. The first-order valence-electron chi connectivity index (χ1n) is 10.6. The Morgan fingerprint density at radius 1 is 1.30 bits per heavy atom. The van der Waals surface area contributed by atoms with Crippen molar-refractivity contribution >= 4 is 5.91 Å². The van der Waals surface area contributed by atoms with Crippen molar-refractivity contribution in [2.24, 2.45) is 0 Å². The number of nitrogens with one attached hydrogen (secondary N) is 2. The van der Waals surface area contributed by atoms with E-state index >= 15 is 0 Å². The molecule has 1 atom stereocenters. The average Bonchev–Trinajstić information content (AvgIpc) is 2.78. The molecule has 8 nitrogen and oxygen atoms in total. The van der Waals surface area contributed by atoms with Gasteiger partial charge in [-0.05, 0) is 43.5 Å². The number of hydrogen-bond donors (Lipinski definition) is 3. The molecule has 1 aromatic carbocycles. The lowest BCUT2D eigenvalue weighted by Gasteiger charge is -2.30. The molecule has 3 N–H and O–H groups in total. The number of hydrogen-bond acceptors (Lipinski definition) is 7. The van der Waals surface area contributed by atoms with Crippen LogP contribution in [0.4, 0.5) is 0 Å². The number of fused-ring (bicyclic) bond motifs is 1. The summed E-state index contributed by atoms with van der Waals surface area (Å²) in [5, 5.41) is 24.3. The van der Waals surface area contributed by atoms with Gasteiger partial charge in [-0.1, -0.05) is 24.3 Å². The Labute approximate surface area is 176 Å². The third-order valence-corrected chi connectivity index (χ3v) is 5.64. The number of aromatic nitrogens is 2. The zero-order valence-electron chi connectivity index (χ0n) is 17.1. The predicted octanol–water partition coefficient (Wildman–Crippen LogP) is 0.756. The molecule has 1 fully saturated rings. The number of ether oxygens (including phenoxy) is 1. The summed E-state index contributed by atoms with van der Waals surface area (Å²) in [7, 11) is 0. The second-order valence-corrected chi connectivity index (χ2v) is 7.97. The van der Waals surface area contributed by atoms with Gasteiger partial charge in [0.25, 0.3) is 5.91 Å². The second-order valence-electron chi connectivity index (χ2n) is 7.97. The predicted molar refractivity (Wildman–Crippen MR) is 112 cm³/mol. The highest BCUT2D eigenvalue weighted by Gasteiger charge is 2.20. The van der Waals surface area contributed by atoms with E-state index in [9.17, 15) is 9.90 Å². The van der Waals surface area contributed by atoms with E-state index in [2.05, 4.69) is 43.9 Å². The van der Waals surface area contributed by atoms with Crippen LogP contribution >= 0.6 is 0 Å². The minimum atomic E-state index is -0.639. The molecule has 1 unspecified atom stereocenters. The molecule has 2 aliphatic heterocycles. The third kappa shape index (κ3) is 5.53. The quantitative estimate of drug-likeness (QED) is 0.618. The Bertz CT molecular complexity index is 856. The minimum Gasteiger partial charge on any atom is -0.473 e.